The van der Waals surface area contributed by atoms with Gasteiger partial charge in [-0.1, -0.05) is 0 Å². The monoisotopic (exact) mass is 263 g/mol. The first kappa shape index (κ1) is 12.6. The van der Waals surface area contributed by atoms with Crippen LogP contribution in [0.1, 0.15) is 0 Å². The fourth-order valence-electron chi connectivity index (χ4n) is 1.70. The average molecular weight is 263 g/mol. The number of nitrogens with zero attached hydrogens (tertiary/aromatic N) is 3. The number of pyridine rings is 1. The molecule has 0 radical (unpaired) electrons. The van der Waals surface area contributed by atoms with Gasteiger partial charge in [0, 0.05) is 20.1 Å². The van der Waals surface area contributed by atoms with Gasteiger partial charge in [-0.2, -0.15) is 22.5 Å². The molecule has 0 atom stereocenters. The van der Waals surface area contributed by atoms with Gasteiger partial charge < -0.3 is 9.80 Å². The highest BCUT2D eigenvalue weighted by molar-refractivity contribution is 5.82. The normalized spacial score (nSPS) is 16.4. The third kappa shape index (κ3) is 1.98. The van der Waals surface area contributed by atoms with Crippen molar-refractivity contribution in [2.75, 3.05) is 31.6 Å². The van der Waals surface area contributed by atoms with Crippen molar-refractivity contribution in [1.29, 1.82) is 0 Å². The number of piperazine rings is 1. The second-order valence-corrected chi connectivity index (χ2v) is 3.91. The Morgan fingerprint density at radius 1 is 1.06 bits per heavy atom. The standard InChI is InChI=1S/C10H9F4N3O/c1-16-2-3-17(4-5(16)18)8-6(11)9(13)15-10(14)7(8)12/h2-4H2,1H3. The molecule has 0 aliphatic carbocycles. The van der Waals surface area contributed by atoms with Crippen molar-refractivity contribution in [3.05, 3.63) is 23.5 Å². The van der Waals surface area contributed by atoms with E-state index < -0.39 is 35.1 Å². The van der Waals surface area contributed by atoms with Crippen LogP contribution in [0, 0.1) is 23.5 Å². The fourth-order valence-corrected chi connectivity index (χ4v) is 1.70. The Kier molecular flexibility index (Phi) is 3.10. The summed E-state index contributed by atoms with van der Waals surface area (Å²) in [5, 5.41) is 0. The van der Waals surface area contributed by atoms with Gasteiger partial charge in [-0.25, -0.2) is 0 Å². The van der Waals surface area contributed by atoms with E-state index in [0.29, 0.717) is 0 Å². The first-order chi connectivity index (χ1) is 8.41. The number of carbonyl (C=O) groups is 1. The van der Waals surface area contributed by atoms with E-state index in [2.05, 4.69) is 4.98 Å². The van der Waals surface area contributed by atoms with Crippen LogP contribution < -0.4 is 4.90 Å². The van der Waals surface area contributed by atoms with Crippen LogP contribution in [0.2, 0.25) is 0 Å². The Balaban J connectivity index is 2.42. The molecule has 0 spiro atoms. The molecule has 1 amide bonds. The van der Waals surface area contributed by atoms with Crippen molar-refractivity contribution in [1.82, 2.24) is 9.88 Å². The summed E-state index contributed by atoms with van der Waals surface area (Å²) in [5.74, 6) is -7.03. The van der Waals surface area contributed by atoms with E-state index in [4.69, 9.17) is 0 Å². The van der Waals surface area contributed by atoms with E-state index in [1.165, 1.54) is 11.9 Å². The fraction of sp³-hybridized carbons (Fsp3) is 0.400. The van der Waals surface area contributed by atoms with E-state index in [9.17, 15) is 22.4 Å². The van der Waals surface area contributed by atoms with Gasteiger partial charge in [0.1, 0.15) is 5.69 Å². The van der Waals surface area contributed by atoms with Crippen LogP contribution in [-0.2, 0) is 4.79 Å². The summed E-state index contributed by atoms with van der Waals surface area (Å²) in [5.41, 5.74) is -0.888. The number of carbonyl (C=O) groups excluding carboxylic acids is 1. The Hall–Kier alpha value is -1.86. The van der Waals surface area contributed by atoms with Gasteiger partial charge in [-0.3, -0.25) is 4.79 Å². The highest BCUT2D eigenvalue weighted by Gasteiger charge is 2.29. The first-order valence-electron chi connectivity index (χ1n) is 5.10. The molecule has 1 aliphatic heterocycles. The molecule has 1 saturated heterocycles. The molecule has 1 aliphatic rings. The van der Waals surface area contributed by atoms with Gasteiger partial charge in [0.15, 0.2) is 0 Å². The lowest BCUT2D eigenvalue weighted by Crippen LogP contribution is -2.49. The first-order valence-corrected chi connectivity index (χ1v) is 5.10. The molecule has 1 aromatic heterocycles. The molecule has 0 N–H and O–H groups in total. The maximum absolute atomic E-state index is 13.4. The van der Waals surface area contributed by atoms with Crippen LogP contribution in [0.4, 0.5) is 23.2 Å². The number of amides is 1. The van der Waals surface area contributed by atoms with E-state index >= 15 is 0 Å². The van der Waals surface area contributed by atoms with E-state index in [0.717, 1.165) is 4.90 Å². The molecule has 1 aromatic rings. The van der Waals surface area contributed by atoms with Gasteiger partial charge in [-0.05, 0) is 0 Å². The predicted octanol–water partition coefficient (Wildman–Crippen LogP) is 0.916. The minimum Gasteiger partial charge on any atom is -0.355 e. The molecule has 18 heavy (non-hydrogen) atoms. The summed E-state index contributed by atoms with van der Waals surface area (Å²) in [6.45, 7) is -0.0461. The van der Waals surface area contributed by atoms with Crippen LogP contribution in [0.5, 0.6) is 0 Å². The molecule has 4 nitrogen and oxygen atoms in total. The molecular weight excluding hydrogens is 254 g/mol. The minimum atomic E-state index is -1.73. The molecule has 2 rings (SSSR count). The number of likely N-dealkylation sites (N-methyl/N-ethyl adjacent to an activating group) is 1. The topological polar surface area (TPSA) is 36.4 Å². The van der Waals surface area contributed by atoms with Gasteiger partial charge >= 0.3 is 0 Å². The summed E-state index contributed by atoms with van der Waals surface area (Å²) in [6, 6.07) is 0. The minimum absolute atomic E-state index is 0.0823. The van der Waals surface area contributed by atoms with Gasteiger partial charge in [0.25, 0.3) is 11.9 Å². The number of halogens is 4. The molecular formula is C10H9F4N3O. The summed E-state index contributed by atoms with van der Waals surface area (Å²) < 4.78 is 52.7. The third-order valence-corrected chi connectivity index (χ3v) is 2.75. The summed E-state index contributed by atoms with van der Waals surface area (Å²) in [4.78, 5) is 16.2. The number of rotatable bonds is 1. The highest BCUT2D eigenvalue weighted by atomic mass is 19.2. The lowest BCUT2D eigenvalue weighted by molar-refractivity contribution is -0.129. The maximum atomic E-state index is 13.4. The summed E-state index contributed by atoms with van der Waals surface area (Å²) in [6.07, 6.45) is 0. The second-order valence-electron chi connectivity index (χ2n) is 3.91. The predicted molar refractivity (Wildman–Crippen MR) is 53.9 cm³/mol. The van der Waals surface area contributed by atoms with Crippen molar-refractivity contribution >= 4 is 11.6 Å². The molecule has 8 heteroatoms. The van der Waals surface area contributed by atoms with E-state index in [1.54, 1.807) is 0 Å². The van der Waals surface area contributed by atoms with Crippen molar-refractivity contribution < 1.29 is 22.4 Å². The molecule has 0 saturated carbocycles. The number of anilines is 1. The van der Waals surface area contributed by atoms with Crippen LogP contribution in [0.15, 0.2) is 0 Å². The van der Waals surface area contributed by atoms with Gasteiger partial charge in [0.05, 0.1) is 6.54 Å². The zero-order valence-electron chi connectivity index (χ0n) is 9.38. The Morgan fingerprint density at radius 3 is 2.11 bits per heavy atom. The van der Waals surface area contributed by atoms with Crippen LogP contribution in [-0.4, -0.2) is 42.5 Å². The summed E-state index contributed by atoms with van der Waals surface area (Å²) >= 11 is 0. The van der Waals surface area contributed by atoms with Gasteiger partial charge in [-0.15, -0.1) is 0 Å². The average Bonchev–Trinajstić information content (AvgIpc) is 2.31. The van der Waals surface area contributed by atoms with Gasteiger partial charge in [0.2, 0.25) is 17.5 Å². The zero-order valence-corrected chi connectivity index (χ0v) is 9.38. The molecule has 2 heterocycles. The smallest absolute Gasteiger partial charge is 0.253 e. The van der Waals surface area contributed by atoms with Crippen molar-refractivity contribution in [3.63, 3.8) is 0 Å². The maximum Gasteiger partial charge on any atom is 0.253 e. The Labute approximate surface area is 99.8 Å². The molecule has 0 aromatic carbocycles. The SMILES string of the molecule is CN1CCN(c2c(F)c(F)nc(F)c2F)CC1=O. The number of hydrogen-bond acceptors (Lipinski definition) is 3. The Bertz CT molecular complexity index is 482. The van der Waals surface area contributed by atoms with Crippen LogP contribution in [0.3, 0.4) is 0 Å². The Morgan fingerprint density at radius 2 is 1.61 bits per heavy atom. The third-order valence-electron chi connectivity index (χ3n) is 2.75. The quantitative estimate of drug-likeness (QED) is 0.558. The lowest BCUT2D eigenvalue weighted by atomic mass is 10.2. The summed E-state index contributed by atoms with van der Waals surface area (Å²) in [7, 11) is 1.53. The van der Waals surface area contributed by atoms with Crippen molar-refractivity contribution in [2.24, 2.45) is 0 Å². The van der Waals surface area contributed by atoms with Crippen molar-refractivity contribution in [2.45, 2.75) is 0 Å². The van der Waals surface area contributed by atoms with Crippen molar-refractivity contribution in [3.8, 4) is 0 Å². The largest absolute Gasteiger partial charge is 0.355 e. The molecule has 0 unspecified atom stereocenters. The molecule has 98 valence electrons. The van der Waals surface area contributed by atoms with Crippen LogP contribution in [0.25, 0.3) is 0 Å². The lowest BCUT2D eigenvalue weighted by Gasteiger charge is -2.33. The molecule has 1 fully saturated rings. The van der Waals surface area contributed by atoms with E-state index in [1.807, 2.05) is 0 Å². The second kappa shape index (κ2) is 4.43. The highest BCUT2D eigenvalue weighted by Crippen LogP contribution is 2.27. The number of hydrogen-bond donors (Lipinski definition) is 0. The van der Waals surface area contributed by atoms with E-state index in [-0.39, 0.29) is 19.6 Å². The zero-order chi connectivity index (χ0) is 13.4. The number of aromatic nitrogens is 1. The molecule has 0 bridgehead atoms. The van der Waals surface area contributed by atoms with Crippen LogP contribution >= 0.6 is 0 Å².